The monoisotopic (exact) mass is 480 g/mol. The van der Waals surface area contributed by atoms with Gasteiger partial charge >= 0.3 is 0 Å². The normalized spacial score (nSPS) is 15.9. The summed E-state index contributed by atoms with van der Waals surface area (Å²) in [6.45, 7) is 3.01. The van der Waals surface area contributed by atoms with Crippen LogP contribution in [0.3, 0.4) is 0 Å². The molecule has 0 saturated carbocycles. The molecule has 0 unspecified atom stereocenters. The first-order valence-corrected chi connectivity index (χ1v) is 12.2. The largest absolute Gasteiger partial charge is 0.493 e. The summed E-state index contributed by atoms with van der Waals surface area (Å²) in [5.74, 6) is 1.28. The maximum atomic E-state index is 13.5. The molecule has 1 fully saturated rings. The van der Waals surface area contributed by atoms with Gasteiger partial charge in [0.1, 0.15) is 12.3 Å². The van der Waals surface area contributed by atoms with Gasteiger partial charge in [-0.3, -0.25) is 9.59 Å². The second-order valence-corrected chi connectivity index (χ2v) is 9.41. The second-order valence-electron chi connectivity index (χ2n) is 8.97. The van der Waals surface area contributed by atoms with Gasteiger partial charge in [0.05, 0.1) is 17.7 Å². The highest BCUT2D eigenvalue weighted by Gasteiger charge is 2.29. The van der Waals surface area contributed by atoms with E-state index in [-0.39, 0.29) is 18.4 Å². The van der Waals surface area contributed by atoms with E-state index in [9.17, 15) is 9.59 Å². The summed E-state index contributed by atoms with van der Waals surface area (Å²) in [5, 5.41) is 4.14. The molecule has 2 aliphatic heterocycles. The Morgan fingerprint density at radius 2 is 2.00 bits per heavy atom. The Labute approximate surface area is 203 Å². The molecule has 34 heavy (non-hydrogen) atoms. The van der Waals surface area contributed by atoms with Gasteiger partial charge in [-0.05, 0) is 42.0 Å². The van der Waals surface area contributed by atoms with Crippen molar-refractivity contribution in [2.75, 3.05) is 32.8 Å². The van der Waals surface area contributed by atoms with E-state index in [0.29, 0.717) is 42.7 Å². The topological polar surface area (TPSA) is 89.6 Å². The highest BCUT2D eigenvalue weighted by molar-refractivity contribution is 6.31. The van der Waals surface area contributed by atoms with E-state index in [2.05, 4.69) is 23.5 Å². The molecule has 3 aromatic rings. The molecular weight excluding hydrogens is 452 g/mol. The van der Waals surface area contributed by atoms with Crippen LogP contribution in [0.2, 0.25) is 5.02 Å². The Balaban J connectivity index is 1.34. The molecule has 1 aromatic heterocycles. The van der Waals surface area contributed by atoms with E-state index in [1.54, 1.807) is 22.9 Å². The number of amides is 2. The molecule has 0 bridgehead atoms. The van der Waals surface area contributed by atoms with Gasteiger partial charge in [-0.25, -0.2) is 0 Å². The summed E-state index contributed by atoms with van der Waals surface area (Å²) in [4.78, 5) is 27.8. The fourth-order valence-corrected chi connectivity index (χ4v) is 5.28. The molecule has 2 aliphatic rings. The number of nitrogens with one attached hydrogen (secondary N) is 1. The molecule has 8 heteroatoms. The van der Waals surface area contributed by atoms with Crippen LogP contribution in [0, 0.1) is 0 Å². The number of piperidine rings is 1. The third-order valence-corrected chi connectivity index (χ3v) is 7.06. The number of benzene rings is 2. The molecule has 5 rings (SSSR count). The number of hydrogen-bond acceptors (Lipinski definition) is 4. The summed E-state index contributed by atoms with van der Waals surface area (Å²) >= 11 is 6.23. The highest BCUT2D eigenvalue weighted by Crippen LogP contribution is 2.39. The van der Waals surface area contributed by atoms with Crippen molar-refractivity contribution >= 4 is 34.3 Å². The number of nitrogens with zero attached hydrogens (tertiary/aromatic N) is 2. The van der Waals surface area contributed by atoms with Gasteiger partial charge in [-0.1, -0.05) is 35.9 Å². The van der Waals surface area contributed by atoms with Crippen LogP contribution < -0.4 is 15.8 Å². The maximum Gasteiger partial charge on any atom is 0.256 e. The van der Waals surface area contributed by atoms with Crippen molar-refractivity contribution in [2.45, 2.75) is 31.7 Å². The SMILES string of the molecule is NCCNC(=O)Cn1cc(C(=O)N2CCC(c3cccc4c3OCC4)CC2)c2ccc(Cl)cc21. The fraction of sp³-hybridized carbons (Fsp3) is 0.385. The molecule has 3 heterocycles. The van der Waals surface area contributed by atoms with Crippen LogP contribution in [-0.2, 0) is 17.8 Å². The lowest BCUT2D eigenvalue weighted by Crippen LogP contribution is -2.38. The predicted molar refractivity (Wildman–Crippen MR) is 133 cm³/mol. The first-order valence-electron chi connectivity index (χ1n) is 11.8. The number of nitrogens with two attached hydrogens (primary N) is 1. The predicted octanol–water partition coefficient (Wildman–Crippen LogP) is 3.32. The number of halogens is 1. The molecule has 0 aliphatic carbocycles. The Morgan fingerprint density at radius 1 is 1.18 bits per heavy atom. The van der Waals surface area contributed by atoms with Gasteiger partial charge in [0.15, 0.2) is 0 Å². The van der Waals surface area contributed by atoms with Gasteiger partial charge in [-0.2, -0.15) is 0 Å². The average Bonchev–Trinajstić information content (AvgIpc) is 3.47. The number of fused-ring (bicyclic) bond motifs is 2. The van der Waals surface area contributed by atoms with Crippen LogP contribution in [0.15, 0.2) is 42.6 Å². The van der Waals surface area contributed by atoms with Gasteiger partial charge in [0.2, 0.25) is 5.91 Å². The molecule has 1 saturated heterocycles. The van der Waals surface area contributed by atoms with Crippen molar-refractivity contribution in [3.05, 3.63) is 64.3 Å². The highest BCUT2D eigenvalue weighted by atomic mass is 35.5. The number of rotatable bonds is 6. The summed E-state index contributed by atoms with van der Waals surface area (Å²) < 4.78 is 7.70. The summed E-state index contributed by atoms with van der Waals surface area (Å²) in [6, 6.07) is 11.9. The van der Waals surface area contributed by atoms with Crippen molar-refractivity contribution in [3.8, 4) is 5.75 Å². The number of carbonyl (C=O) groups is 2. The van der Waals surface area contributed by atoms with Gasteiger partial charge in [-0.15, -0.1) is 0 Å². The Hall–Kier alpha value is -3.03. The zero-order chi connectivity index (χ0) is 23.7. The maximum absolute atomic E-state index is 13.5. The fourth-order valence-electron chi connectivity index (χ4n) is 5.11. The first kappa shape index (κ1) is 22.7. The van der Waals surface area contributed by atoms with E-state index < -0.39 is 0 Å². The van der Waals surface area contributed by atoms with Crippen molar-refractivity contribution in [1.82, 2.24) is 14.8 Å². The lowest BCUT2D eigenvalue weighted by atomic mass is 9.87. The van der Waals surface area contributed by atoms with E-state index >= 15 is 0 Å². The van der Waals surface area contributed by atoms with Crippen molar-refractivity contribution in [1.29, 1.82) is 0 Å². The number of ether oxygens (including phenoxy) is 1. The van der Waals surface area contributed by atoms with E-state index in [1.165, 1.54) is 11.1 Å². The first-order chi connectivity index (χ1) is 16.5. The molecule has 178 valence electrons. The molecule has 0 radical (unpaired) electrons. The average molecular weight is 481 g/mol. The molecule has 7 nitrogen and oxygen atoms in total. The van der Waals surface area contributed by atoms with E-state index in [1.807, 2.05) is 11.0 Å². The summed E-state index contributed by atoms with van der Waals surface area (Å²) in [7, 11) is 0. The van der Waals surface area contributed by atoms with Crippen molar-refractivity contribution < 1.29 is 14.3 Å². The molecule has 3 N–H and O–H groups in total. The number of likely N-dealkylation sites (tertiary alicyclic amines) is 1. The minimum Gasteiger partial charge on any atom is -0.493 e. The molecule has 0 spiro atoms. The Bertz CT molecular complexity index is 1230. The van der Waals surface area contributed by atoms with Crippen LogP contribution in [-0.4, -0.2) is 54.1 Å². The zero-order valence-corrected chi connectivity index (χ0v) is 19.8. The van der Waals surface area contributed by atoms with E-state index in [4.69, 9.17) is 22.1 Å². The molecule has 2 aromatic carbocycles. The molecule has 2 amide bonds. The number of hydrogen-bond donors (Lipinski definition) is 2. The Morgan fingerprint density at radius 3 is 2.79 bits per heavy atom. The second kappa shape index (κ2) is 9.68. The minimum atomic E-state index is -0.153. The summed E-state index contributed by atoms with van der Waals surface area (Å²) in [5.41, 5.74) is 9.42. The molecule has 0 atom stereocenters. The lowest BCUT2D eigenvalue weighted by Gasteiger charge is -2.32. The standard InChI is InChI=1S/C26H29ClN4O3/c27-19-4-5-21-22(15-31(23(21)14-19)16-24(32)29-10-9-28)26(33)30-11-6-17(7-12-30)20-3-1-2-18-8-13-34-25(18)20/h1-5,14-15,17H,6-13,16,28H2,(H,29,32). The van der Waals surface area contributed by atoms with Crippen LogP contribution in [0.5, 0.6) is 5.75 Å². The number of para-hydroxylation sites is 1. The van der Waals surface area contributed by atoms with Gasteiger partial charge in [0, 0.05) is 49.2 Å². The third-order valence-electron chi connectivity index (χ3n) is 6.82. The quantitative estimate of drug-likeness (QED) is 0.566. The number of aromatic nitrogens is 1. The Kier molecular flexibility index (Phi) is 6.48. The van der Waals surface area contributed by atoms with Crippen LogP contribution in [0.1, 0.15) is 40.2 Å². The van der Waals surface area contributed by atoms with Crippen LogP contribution in [0.4, 0.5) is 0 Å². The van der Waals surface area contributed by atoms with Crippen LogP contribution in [0.25, 0.3) is 10.9 Å². The van der Waals surface area contributed by atoms with Gasteiger partial charge < -0.3 is 25.3 Å². The molecular formula is C26H29ClN4O3. The van der Waals surface area contributed by atoms with Crippen molar-refractivity contribution in [2.24, 2.45) is 5.73 Å². The third kappa shape index (κ3) is 4.38. The lowest BCUT2D eigenvalue weighted by molar-refractivity contribution is -0.121. The minimum absolute atomic E-state index is 0.0126. The van der Waals surface area contributed by atoms with Crippen molar-refractivity contribution in [3.63, 3.8) is 0 Å². The summed E-state index contributed by atoms with van der Waals surface area (Å²) in [6.07, 6.45) is 4.54. The van der Waals surface area contributed by atoms with E-state index in [0.717, 1.165) is 42.5 Å². The van der Waals surface area contributed by atoms with Gasteiger partial charge in [0.25, 0.3) is 5.91 Å². The van der Waals surface area contributed by atoms with Crippen LogP contribution >= 0.6 is 11.6 Å². The smallest absolute Gasteiger partial charge is 0.256 e. The number of carbonyl (C=O) groups excluding carboxylic acids is 2. The zero-order valence-electron chi connectivity index (χ0n) is 19.1.